The second-order valence-corrected chi connectivity index (χ2v) is 5.95. The Kier molecular flexibility index (Phi) is 5.32. The molecular weight excluding hydrogens is 286 g/mol. The molecule has 2 aromatic heterocycles. The quantitative estimate of drug-likeness (QED) is 0.655. The molecular formula is C14H21N5OS. The molecule has 114 valence electrons. The largest absolute Gasteiger partial charge is 0.359 e. The summed E-state index contributed by atoms with van der Waals surface area (Å²) >= 11 is 1.64. The van der Waals surface area contributed by atoms with E-state index in [-0.39, 0.29) is 0 Å². The van der Waals surface area contributed by atoms with Crippen molar-refractivity contribution in [1.82, 2.24) is 20.8 Å². The number of guanidine groups is 1. The van der Waals surface area contributed by atoms with Gasteiger partial charge < -0.3 is 15.2 Å². The SMILES string of the molecule is CN=C(NCc1cc(C(C)C)no1)NCc1scnc1C. The number of nitrogens with one attached hydrogen (secondary N) is 2. The molecule has 0 aliphatic carbocycles. The monoisotopic (exact) mass is 307 g/mol. The number of nitrogens with zero attached hydrogens (tertiary/aromatic N) is 3. The summed E-state index contributed by atoms with van der Waals surface area (Å²) in [4.78, 5) is 9.63. The molecule has 2 heterocycles. The molecule has 0 aliphatic rings. The van der Waals surface area contributed by atoms with Crippen LogP contribution in [0.5, 0.6) is 0 Å². The van der Waals surface area contributed by atoms with E-state index in [1.807, 2.05) is 18.5 Å². The lowest BCUT2D eigenvalue weighted by Gasteiger charge is -2.09. The van der Waals surface area contributed by atoms with Crippen molar-refractivity contribution in [3.8, 4) is 0 Å². The molecule has 0 aromatic carbocycles. The van der Waals surface area contributed by atoms with Crippen LogP contribution in [0.4, 0.5) is 0 Å². The highest BCUT2D eigenvalue weighted by atomic mass is 32.1. The van der Waals surface area contributed by atoms with Crippen molar-refractivity contribution in [2.24, 2.45) is 4.99 Å². The van der Waals surface area contributed by atoms with E-state index in [9.17, 15) is 0 Å². The van der Waals surface area contributed by atoms with Gasteiger partial charge in [0, 0.05) is 18.0 Å². The fourth-order valence-electron chi connectivity index (χ4n) is 1.74. The zero-order valence-corrected chi connectivity index (χ0v) is 13.6. The minimum absolute atomic E-state index is 0.370. The maximum atomic E-state index is 5.29. The lowest BCUT2D eigenvalue weighted by atomic mass is 10.1. The minimum Gasteiger partial charge on any atom is -0.359 e. The van der Waals surface area contributed by atoms with Gasteiger partial charge in [0.2, 0.25) is 0 Å². The van der Waals surface area contributed by atoms with Gasteiger partial charge in [-0.15, -0.1) is 11.3 Å². The van der Waals surface area contributed by atoms with Gasteiger partial charge in [0.25, 0.3) is 0 Å². The number of aryl methyl sites for hydroxylation is 1. The van der Waals surface area contributed by atoms with E-state index in [0.29, 0.717) is 19.0 Å². The van der Waals surface area contributed by atoms with Gasteiger partial charge >= 0.3 is 0 Å². The summed E-state index contributed by atoms with van der Waals surface area (Å²) in [5.74, 6) is 1.90. The molecule has 0 amide bonds. The van der Waals surface area contributed by atoms with Crippen LogP contribution in [0.15, 0.2) is 21.1 Å². The summed E-state index contributed by atoms with van der Waals surface area (Å²) in [6.07, 6.45) is 0. The van der Waals surface area contributed by atoms with E-state index >= 15 is 0 Å². The Bertz CT molecular complexity index is 602. The Morgan fingerprint density at radius 2 is 2.14 bits per heavy atom. The summed E-state index contributed by atoms with van der Waals surface area (Å²) in [7, 11) is 1.74. The summed E-state index contributed by atoms with van der Waals surface area (Å²) in [6, 6.07) is 1.97. The highest BCUT2D eigenvalue weighted by molar-refractivity contribution is 7.09. The molecule has 0 unspecified atom stereocenters. The Balaban J connectivity index is 1.83. The van der Waals surface area contributed by atoms with E-state index in [4.69, 9.17) is 4.52 Å². The summed E-state index contributed by atoms with van der Waals surface area (Å²) in [5, 5.41) is 10.5. The van der Waals surface area contributed by atoms with Crippen molar-refractivity contribution in [2.45, 2.75) is 39.8 Å². The summed E-state index contributed by atoms with van der Waals surface area (Å²) in [6.45, 7) is 7.45. The molecule has 0 bridgehead atoms. The van der Waals surface area contributed by atoms with Gasteiger partial charge in [0.15, 0.2) is 11.7 Å². The van der Waals surface area contributed by atoms with E-state index in [0.717, 1.165) is 23.1 Å². The van der Waals surface area contributed by atoms with E-state index in [2.05, 4.69) is 39.6 Å². The highest BCUT2D eigenvalue weighted by Gasteiger charge is 2.08. The molecule has 2 aromatic rings. The van der Waals surface area contributed by atoms with Gasteiger partial charge in [-0.05, 0) is 12.8 Å². The normalized spacial score (nSPS) is 12.0. The van der Waals surface area contributed by atoms with Crippen molar-refractivity contribution in [3.63, 3.8) is 0 Å². The Hall–Kier alpha value is -1.89. The first-order valence-corrected chi connectivity index (χ1v) is 7.77. The van der Waals surface area contributed by atoms with Crippen molar-refractivity contribution in [2.75, 3.05) is 7.05 Å². The van der Waals surface area contributed by atoms with Crippen LogP contribution in [0.3, 0.4) is 0 Å². The molecule has 0 fully saturated rings. The zero-order chi connectivity index (χ0) is 15.2. The third-order valence-corrected chi connectivity index (χ3v) is 4.02. The van der Waals surface area contributed by atoms with Crippen LogP contribution in [-0.4, -0.2) is 23.1 Å². The number of aliphatic imine (C=N–C) groups is 1. The average Bonchev–Trinajstić information content (AvgIpc) is 3.08. The number of aromatic nitrogens is 2. The van der Waals surface area contributed by atoms with Crippen LogP contribution in [0.1, 0.15) is 41.8 Å². The molecule has 0 saturated heterocycles. The van der Waals surface area contributed by atoms with Crippen LogP contribution in [0, 0.1) is 6.92 Å². The van der Waals surface area contributed by atoms with E-state index in [1.165, 1.54) is 4.88 Å². The number of thiazole rings is 1. The van der Waals surface area contributed by atoms with Crippen LogP contribution in [0.25, 0.3) is 0 Å². The highest BCUT2D eigenvalue weighted by Crippen LogP contribution is 2.14. The molecule has 7 heteroatoms. The second-order valence-electron chi connectivity index (χ2n) is 5.01. The fraction of sp³-hybridized carbons (Fsp3) is 0.500. The van der Waals surface area contributed by atoms with Gasteiger partial charge in [-0.1, -0.05) is 19.0 Å². The molecule has 21 heavy (non-hydrogen) atoms. The van der Waals surface area contributed by atoms with E-state index in [1.54, 1.807) is 18.4 Å². The maximum absolute atomic E-state index is 5.29. The molecule has 0 radical (unpaired) electrons. The smallest absolute Gasteiger partial charge is 0.191 e. The first-order valence-electron chi connectivity index (χ1n) is 6.89. The van der Waals surface area contributed by atoms with Crippen molar-refractivity contribution >= 4 is 17.3 Å². The standard InChI is InChI=1S/C14H21N5OS/c1-9(2)12-5-11(20-19-12)6-16-14(15-4)17-7-13-10(3)18-8-21-13/h5,8-9H,6-7H2,1-4H3,(H2,15,16,17). The molecule has 0 atom stereocenters. The molecule has 0 spiro atoms. The van der Waals surface area contributed by atoms with Crippen LogP contribution in [0.2, 0.25) is 0 Å². The van der Waals surface area contributed by atoms with Crippen LogP contribution >= 0.6 is 11.3 Å². The average molecular weight is 307 g/mol. The van der Waals surface area contributed by atoms with Crippen molar-refractivity contribution in [1.29, 1.82) is 0 Å². The third kappa shape index (κ3) is 4.29. The summed E-state index contributed by atoms with van der Waals surface area (Å²) < 4.78 is 5.29. The Labute approximate surface area is 128 Å². The molecule has 0 aliphatic heterocycles. The third-order valence-electron chi connectivity index (χ3n) is 3.08. The van der Waals surface area contributed by atoms with Crippen molar-refractivity contribution in [3.05, 3.63) is 33.6 Å². The maximum Gasteiger partial charge on any atom is 0.191 e. The molecule has 2 N–H and O–H groups in total. The lowest BCUT2D eigenvalue weighted by Crippen LogP contribution is -2.36. The van der Waals surface area contributed by atoms with Gasteiger partial charge in [-0.3, -0.25) is 4.99 Å². The number of hydrogen-bond acceptors (Lipinski definition) is 5. The van der Waals surface area contributed by atoms with Crippen LogP contribution < -0.4 is 10.6 Å². The Morgan fingerprint density at radius 1 is 1.38 bits per heavy atom. The topological polar surface area (TPSA) is 75.3 Å². The predicted octanol–water partition coefficient (Wildman–Crippen LogP) is 2.43. The van der Waals surface area contributed by atoms with Crippen molar-refractivity contribution < 1.29 is 4.52 Å². The molecule has 2 rings (SSSR count). The second kappa shape index (κ2) is 7.21. The predicted molar refractivity (Wildman–Crippen MR) is 84.5 cm³/mol. The fourth-order valence-corrected chi connectivity index (χ4v) is 2.45. The van der Waals surface area contributed by atoms with Gasteiger partial charge in [0.1, 0.15) is 0 Å². The molecule has 6 nitrogen and oxygen atoms in total. The summed E-state index contributed by atoms with van der Waals surface area (Å²) in [5.41, 5.74) is 3.87. The first kappa shape index (κ1) is 15.5. The minimum atomic E-state index is 0.370. The van der Waals surface area contributed by atoms with Gasteiger partial charge in [0.05, 0.1) is 30.0 Å². The number of hydrogen-bond donors (Lipinski definition) is 2. The Morgan fingerprint density at radius 3 is 2.71 bits per heavy atom. The van der Waals surface area contributed by atoms with Crippen LogP contribution in [-0.2, 0) is 13.1 Å². The zero-order valence-electron chi connectivity index (χ0n) is 12.8. The van der Waals surface area contributed by atoms with E-state index < -0.39 is 0 Å². The first-order chi connectivity index (χ1) is 10.1. The van der Waals surface area contributed by atoms with Gasteiger partial charge in [-0.2, -0.15) is 0 Å². The van der Waals surface area contributed by atoms with Gasteiger partial charge in [-0.25, -0.2) is 4.98 Å². The lowest BCUT2D eigenvalue weighted by molar-refractivity contribution is 0.372. The number of rotatable bonds is 5. The molecule has 0 saturated carbocycles.